The SMILES string of the molecule is CCCCc1ccc(OC(=O)[C@H]2CC[C@H](CCC=CC#N)CC2)cc1. The number of nitrogens with zero attached hydrogens (tertiary/aromatic N) is 1. The van der Waals surface area contributed by atoms with Gasteiger partial charge in [-0.1, -0.05) is 31.6 Å². The van der Waals surface area contributed by atoms with Crippen molar-refractivity contribution in [3.8, 4) is 11.8 Å². The first kappa shape index (κ1) is 19.2. The molecule has 0 bridgehead atoms. The van der Waals surface area contributed by atoms with Gasteiger partial charge in [-0.25, -0.2) is 0 Å². The van der Waals surface area contributed by atoms with E-state index in [9.17, 15) is 4.79 Å². The van der Waals surface area contributed by atoms with Crippen LogP contribution in [-0.2, 0) is 11.2 Å². The molecule has 0 amide bonds. The molecule has 1 aromatic carbocycles. The maximum absolute atomic E-state index is 12.4. The molecule has 0 unspecified atom stereocenters. The summed E-state index contributed by atoms with van der Waals surface area (Å²) in [4.78, 5) is 12.4. The molecule has 0 aliphatic heterocycles. The normalized spacial score (nSPS) is 20.3. The zero-order chi connectivity index (χ0) is 17.9. The third kappa shape index (κ3) is 6.74. The minimum Gasteiger partial charge on any atom is -0.426 e. The number of unbranched alkanes of at least 4 members (excludes halogenated alkanes) is 1. The second-order valence-electron chi connectivity index (χ2n) is 7.00. The second-order valence-corrected chi connectivity index (χ2v) is 7.00. The van der Waals surface area contributed by atoms with Crippen LogP contribution in [0.4, 0.5) is 0 Å². The average Bonchev–Trinajstić information content (AvgIpc) is 2.65. The van der Waals surface area contributed by atoms with Gasteiger partial charge in [0.2, 0.25) is 0 Å². The highest BCUT2D eigenvalue weighted by atomic mass is 16.5. The lowest BCUT2D eigenvalue weighted by atomic mass is 9.80. The van der Waals surface area contributed by atoms with Crippen LogP contribution >= 0.6 is 0 Å². The largest absolute Gasteiger partial charge is 0.426 e. The van der Waals surface area contributed by atoms with Gasteiger partial charge in [0.1, 0.15) is 5.75 Å². The van der Waals surface area contributed by atoms with Crippen molar-refractivity contribution in [3.63, 3.8) is 0 Å². The number of carbonyl (C=O) groups is 1. The molecule has 0 radical (unpaired) electrons. The number of allylic oxidation sites excluding steroid dienone is 2. The van der Waals surface area contributed by atoms with E-state index in [1.54, 1.807) is 6.08 Å². The van der Waals surface area contributed by atoms with Gasteiger partial charge in [-0.05, 0) is 75.0 Å². The maximum atomic E-state index is 12.4. The van der Waals surface area contributed by atoms with Gasteiger partial charge in [0.05, 0.1) is 12.0 Å². The van der Waals surface area contributed by atoms with E-state index in [1.807, 2.05) is 24.3 Å². The summed E-state index contributed by atoms with van der Waals surface area (Å²) >= 11 is 0. The molecule has 0 heterocycles. The van der Waals surface area contributed by atoms with E-state index < -0.39 is 0 Å². The number of hydrogen-bond donors (Lipinski definition) is 0. The first-order valence-corrected chi connectivity index (χ1v) is 9.58. The van der Waals surface area contributed by atoms with Crippen molar-refractivity contribution in [3.05, 3.63) is 42.0 Å². The summed E-state index contributed by atoms with van der Waals surface area (Å²) in [5.41, 5.74) is 1.30. The molecule has 1 aromatic rings. The van der Waals surface area contributed by atoms with E-state index in [2.05, 4.69) is 19.1 Å². The summed E-state index contributed by atoms with van der Waals surface area (Å²) in [7, 11) is 0. The van der Waals surface area contributed by atoms with Crippen molar-refractivity contribution >= 4 is 5.97 Å². The Bertz CT molecular complexity index is 589. The number of esters is 1. The molecule has 0 aromatic heterocycles. The highest BCUT2D eigenvalue weighted by Gasteiger charge is 2.27. The molecular weight excluding hydrogens is 310 g/mol. The Hall–Kier alpha value is -2.08. The van der Waals surface area contributed by atoms with Crippen molar-refractivity contribution in [2.45, 2.75) is 64.7 Å². The van der Waals surface area contributed by atoms with Crippen LogP contribution in [0, 0.1) is 23.2 Å². The topological polar surface area (TPSA) is 50.1 Å². The molecule has 3 nitrogen and oxygen atoms in total. The fraction of sp³-hybridized carbons (Fsp3) is 0.545. The van der Waals surface area contributed by atoms with Crippen LogP contribution in [0.15, 0.2) is 36.4 Å². The van der Waals surface area contributed by atoms with Gasteiger partial charge >= 0.3 is 5.97 Å². The van der Waals surface area contributed by atoms with Gasteiger partial charge in [0.25, 0.3) is 0 Å². The fourth-order valence-electron chi connectivity index (χ4n) is 3.46. The zero-order valence-electron chi connectivity index (χ0n) is 15.2. The van der Waals surface area contributed by atoms with Crippen LogP contribution in [0.25, 0.3) is 0 Å². The van der Waals surface area contributed by atoms with E-state index in [0.717, 1.165) is 44.9 Å². The average molecular weight is 339 g/mol. The number of benzene rings is 1. The minimum absolute atomic E-state index is 0.0330. The van der Waals surface area contributed by atoms with Gasteiger partial charge in [-0.15, -0.1) is 0 Å². The second kappa shape index (κ2) is 10.7. The molecule has 0 N–H and O–H groups in total. The van der Waals surface area contributed by atoms with Crippen LogP contribution in [0.3, 0.4) is 0 Å². The third-order valence-electron chi connectivity index (χ3n) is 5.07. The van der Waals surface area contributed by atoms with E-state index in [1.165, 1.54) is 18.4 Å². The van der Waals surface area contributed by atoms with Crippen LogP contribution in [0.1, 0.15) is 63.9 Å². The van der Waals surface area contributed by atoms with Gasteiger partial charge in [-0.2, -0.15) is 5.26 Å². The molecule has 25 heavy (non-hydrogen) atoms. The third-order valence-corrected chi connectivity index (χ3v) is 5.07. The minimum atomic E-state index is -0.0795. The summed E-state index contributed by atoms with van der Waals surface area (Å²) in [6.07, 6.45) is 13.0. The van der Waals surface area contributed by atoms with Crippen molar-refractivity contribution < 1.29 is 9.53 Å². The molecule has 3 heteroatoms. The van der Waals surface area contributed by atoms with Crippen LogP contribution in [0.2, 0.25) is 0 Å². The standard InChI is InChI=1S/C22H29NO2/c1-2-3-7-18-11-15-21(16-12-18)25-22(24)20-13-9-19(10-14-20)8-5-4-6-17-23/h4,6,11-12,15-16,19-20H,2-3,5,7-10,13-14H2,1H3/t19-,20-. The first-order chi connectivity index (χ1) is 12.2. The summed E-state index contributed by atoms with van der Waals surface area (Å²) in [5.74, 6) is 1.29. The molecule has 0 atom stereocenters. The summed E-state index contributed by atoms with van der Waals surface area (Å²) < 4.78 is 5.58. The summed E-state index contributed by atoms with van der Waals surface area (Å²) in [6, 6.07) is 9.97. The monoisotopic (exact) mass is 339 g/mol. The van der Waals surface area contributed by atoms with E-state index in [4.69, 9.17) is 10.00 Å². The molecule has 0 saturated heterocycles. The number of hydrogen-bond acceptors (Lipinski definition) is 3. The fourth-order valence-corrected chi connectivity index (χ4v) is 3.46. The first-order valence-electron chi connectivity index (χ1n) is 9.58. The van der Waals surface area contributed by atoms with Gasteiger partial charge < -0.3 is 4.74 Å². The van der Waals surface area contributed by atoms with E-state index >= 15 is 0 Å². The van der Waals surface area contributed by atoms with Crippen LogP contribution < -0.4 is 4.74 Å². The Morgan fingerprint density at radius 3 is 2.60 bits per heavy atom. The molecule has 1 fully saturated rings. The molecule has 2 rings (SSSR count). The molecule has 1 aliphatic carbocycles. The Balaban J connectivity index is 1.73. The summed E-state index contributed by atoms with van der Waals surface area (Å²) in [5, 5.41) is 8.49. The number of carbonyl (C=O) groups excluding carboxylic acids is 1. The van der Waals surface area contributed by atoms with Crippen molar-refractivity contribution in [2.75, 3.05) is 0 Å². The van der Waals surface area contributed by atoms with Gasteiger partial charge in [0.15, 0.2) is 0 Å². The Labute approximate surface area is 151 Å². The highest BCUT2D eigenvalue weighted by molar-refractivity contribution is 5.75. The quantitative estimate of drug-likeness (QED) is 0.352. The lowest BCUT2D eigenvalue weighted by molar-refractivity contribution is -0.140. The summed E-state index contributed by atoms with van der Waals surface area (Å²) in [6.45, 7) is 2.19. The number of aryl methyl sites for hydroxylation is 1. The predicted molar refractivity (Wildman–Crippen MR) is 100 cm³/mol. The zero-order valence-corrected chi connectivity index (χ0v) is 15.2. The highest BCUT2D eigenvalue weighted by Crippen LogP contribution is 2.32. The molecule has 134 valence electrons. The maximum Gasteiger partial charge on any atom is 0.314 e. The Morgan fingerprint density at radius 1 is 1.24 bits per heavy atom. The molecule has 1 aliphatic rings. The number of nitriles is 1. The molecule has 0 spiro atoms. The number of ether oxygens (including phenoxy) is 1. The lowest BCUT2D eigenvalue weighted by Gasteiger charge is -2.26. The Kier molecular flexibility index (Phi) is 8.25. The van der Waals surface area contributed by atoms with Crippen LogP contribution in [-0.4, -0.2) is 5.97 Å². The molecular formula is C22H29NO2. The van der Waals surface area contributed by atoms with Crippen molar-refractivity contribution in [1.82, 2.24) is 0 Å². The van der Waals surface area contributed by atoms with Crippen molar-refractivity contribution in [2.24, 2.45) is 11.8 Å². The Morgan fingerprint density at radius 2 is 1.96 bits per heavy atom. The lowest BCUT2D eigenvalue weighted by Crippen LogP contribution is -2.25. The van der Waals surface area contributed by atoms with Crippen molar-refractivity contribution in [1.29, 1.82) is 5.26 Å². The van der Waals surface area contributed by atoms with E-state index in [-0.39, 0.29) is 11.9 Å². The van der Waals surface area contributed by atoms with E-state index in [0.29, 0.717) is 11.7 Å². The smallest absolute Gasteiger partial charge is 0.314 e. The molecule has 1 saturated carbocycles. The van der Waals surface area contributed by atoms with Gasteiger partial charge in [-0.3, -0.25) is 4.79 Å². The number of rotatable bonds is 8. The van der Waals surface area contributed by atoms with Crippen LogP contribution in [0.5, 0.6) is 5.75 Å². The predicted octanol–water partition coefficient (Wildman–Crippen LogP) is 5.60. The van der Waals surface area contributed by atoms with Gasteiger partial charge in [0, 0.05) is 6.08 Å².